The molecule has 0 atom stereocenters. The van der Waals surface area contributed by atoms with Crippen LogP contribution in [0, 0.1) is 0 Å². The fraction of sp³-hybridized carbons (Fsp3) is 0.682. The number of rotatable bonds is 13. The van der Waals surface area contributed by atoms with E-state index in [0.717, 1.165) is 11.0 Å². The summed E-state index contributed by atoms with van der Waals surface area (Å²) in [5.41, 5.74) is 1.46. The molecule has 0 bridgehead atoms. The first-order valence-corrected chi connectivity index (χ1v) is 10.1. The average Bonchev–Trinajstić information content (AvgIpc) is 2.56. The Labute approximate surface area is 160 Å². The molecule has 1 N–H and O–H groups in total. The number of unbranched alkanes of at least 4 members (excludes halogenated alkanes) is 9. The number of nitrogens with zero attached hydrogens (tertiary/aromatic N) is 1. The molecule has 0 fully saturated rings. The van der Waals surface area contributed by atoms with Crippen molar-refractivity contribution in [1.82, 2.24) is 0 Å². The zero-order valence-corrected chi connectivity index (χ0v) is 17.1. The monoisotopic (exact) mass is 365 g/mol. The summed E-state index contributed by atoms with van der Waals surface area (Å²) in [6.07, 6.45) is 12.2. The third-order valence-corrected chi connectivity index (χ3v) is 4.57. The number of carbonyl (C=O) groups is 1. The van der Waals surface area contributed by atoms with Crippen LogP contribution in [-0.2, 0) is 6.54 Å². The summed E-state index contributed by atoms with van der Waals surface area (Å²) in [5.74, 6) is 0. The Bertz CT molecular complexity index is 442. The molecule has 0 saturated heterocycles. The SMILES string of the molecule is CCCCCCCCCCCC[N+](C)(C)Cc1ccccc1.O=C([O-])O. The molecule has 0 radical (unpaired) electrons. The molecule has 0 spiro atoms. The van der Waals surface area contributed by atoms with Crippen LogP contribution in [0.4, 0.5) is 4.79 Å². The van der Waals surface area contributed by atoms with Crippen molar-refractivity contribution < 1.29 is 19.5 Å². The molecule has 0 heterocycles. The Morgan fingerprint density at radius 3 is 1.77 bits per heavy atom. The summed E-state index contributed by atoms with van der Waals surface area (Å²) in [7, 11) is 4.72. The molecular weight excluding hydrogens is 326 g/mol. The van der Waals surface area contributed by atoms with Crippen molar-refractivity contribution in [2.75, 3.05) is 20.6 Å². The van der Waals surface area contributed by atoms with E-state index in [-0.39, 0.29) is 0 Å². The van der Waals surface area contributed by atoms with E-state index in [2.05, 4.69) is 51.4 Å². The van der Waals surface area contributed by atoms with Crippen molar-refractivity contribution in [2.24, 2.45) is 0 Å². The van der Waals surface area contributed by atoms with Crippen LogP contribution in [0.5, 0.6) is 0 Å². The molecule has 150 valence electrons. The van der Waals surface area contributed by atoms with Gasteiger partial charge in [0.1, 0.15) is 6.54 Å². The number of benzene rings is 1. The predicted molar refractivity (Wildman–Crippen MR) is 107 cm³/mol. The van der Waals surface area contributed by atoms with Crippen LogP contribution in [0.2, 0.25) is 0 Å². The summed E-state index contributed by atoms with van der Waals surface area (Å²) in [5, 5.41) is 15.3. The maximum atomic E-state index is 8.44. The highest BCUT2D eigenvalue weighted by Gasteiger charge is 2.14. The first kappa shape index (κ1) is 24.5. The van der Waals surface area contributed by atoms with E-state index in [0.29, 0.717) is 0 Å². The van der Waals surface area contributed by atoms with Crippen LogP contribution in [-0.4, -0.2) is 36.4 Å². The van der Waals surface area contributed by atoms with E-state index in [1.165, 1.54) is 76.3 Å². The van der Waals surface area contributed by atoms with Crippen LogP contribution in [0.25, 0.3) is 0 Å². The third kappa shape index (κ3) is 17.3. The minimum absolute atomic E-state index is 1.11. The minimum Gasteiger partial charge on any atom is -0.565 e. The molecule has 0 aromatic heterocycles. The van der Waals surface area contributed by atoms with Crippen LogP contribution in [0.15, 0.2) is 30.3 Å². The van der Waals surface area contributed by atoms with E-state index in [1.54, 1.807) is 0 Å². The lowest BCUT2D eigenvalue weighted by molar-refractivity contribution is -0.903. The van der Waals surface area contributed by atoms with Crippen molar-refractivity contribution in [2.45, 2.75) is 77.7 Å². The second-order valence-corrected chi connectivity index (χ2v) is 7.75. The maximum absolute atomic E-state index is 8.44. The lowest BCUT2D eigenvalue weighted by Crippen LogP contribution is -2.39. The van der Waals surface area contributed by atoms with Crippen LogP contribution in [0.1, 0.15) is 76.7 Å². The number of quaternary nitrogens is 1. The van der Waals surface area contributed by atoms with Crippen molar-refractivity contribution >= 4 is 6.16 Å². The summed E-state index contributed by atoms with van der Waals surface area (Å²) in [6, 6.07) is 10.9. The van der Waals surface area contributed by atoms with Crippen LogP contribution >= 0.6 is 0 Å². The largest absolute Gasteiger partial charge is 0.565 e. The Balaban J connectivity index is 0.00000141. The molecule has 0 aliphatic heterocycles. The summed E-state index contributed by atoms with van der Waals surface area (Å²) in [6.45, 7) is 4.74. The molecule has 0 saturated carbocycles. The Morgan fingerprint density at radius 1 is 0.885 bits per heavy atom. The molecular formula is C22H39NO3. The molecule has 0 aliphatic rings. The lowest BCUT2D eigenvalue weighted by Gasteiger charge is -2.30. The van der Waals surface area contributed by atoms with E-state index in [9.17, 15) is 0 Å². The summed E-state index contributed by atoms with van der Waals surface area (Å²) >= 11 is 0. The second kappa shape index (κ2) is 15.7. The normalized spacial score (nSPS) is 10.9. The number of carboxylic acid groups (broad SMARTS) is 2. The van der Waals surface area contributed by atoms with Gasteiger partial charge in [-0.2, -0.15) is 0 Å². The highest BCUT2D eigenvalue weighted by molar-refractivity contribution is 5.50. The zero-order chi connectivity index (χ0) is 19.7. The number of hydrogen-bond acceptors (Lipinski definition) is 2. The van der Waals surface area contributed by atoms with Gasteiger partial charge in [-0.15, -0.1) is 0 Å². The van der Waals surface area contributed by atoms with Gasteiger partial charge in [0, 0.05) is 5.56 Å². The van der Waals surface area contributed by atoms with Crippen molar-refractivity contribution in [3.63, 3.8) is 0 Å². The molecule has 4 nitrogen and oxygen atoms in total. The molecule has 4 heteroatoms. The van der Waals surface area contributed by atoms with E-state index in [4.69, 9.17) is 15.0 Å². The van der Waals surface area contributed by atoms with Gasteiger partial charge >= 0.3 is 0 Å². The predicted octanol–water partition coefficient (Wildman–Crippen LogP) is 5.07. The van der Waals surface area contributed by atoms with Crippen molar-refractivity contribution in [1.29, 1.82) is 0 Å². The van der Waals surface area contributed by atoms with Gasteiger partial charge in [0.05, 0.1) is 20.6 Å². The quantitative estimate of drug-likeness (QED) is 0.392. The smallest absolute Gasteiger partial charge is 0.249 e. The van der Waals surface area contributed by atoms with Gasteiger partial charge in [-0.3, -0.25) is 0 Å². The van der Waals surface area contributed by atoms with E-state index < -0.39 is 6.16 Å². The van der Waals surface area contributed by atoms with Crippen molar-refractivity contribution in [3.8, 4) is 0 Å². The third-order valence-electron chi connectivity index (χ3n) is 4.57. The lowest BCUT2D eigenvalue weighted by atomic mass is 10.1. The van der Waals surface area contributed by atoms with Gasteiger partial charge in [0.25, 0.3) is 0 Å². The van der Waals surface area contributed by atoms with E-state index in [1.807, 2.05) is 0 Å². The molecule has 1 aromatic carbocycles. The maximum Gasteiger partial charge on any atom is 0.249 e. The molecule has 0 aliphatic carbocycles. The summed E-state index contributed by atoms with van der Waals surface area (Å²) in [4.78, 5) is 8.44. The van der Waals surface area contributed by atoms with Gasteiger partial charge in [-0.1, -0.05) is 88.6 Å². The average molecular weight is 366 g/mol. The fourth-order valence-corrected chi connectivity index (χ4v) is 3.18. The van der Waals surface area contributed by atoms with Gasteiger partial charge in [-0.25, -0.2) is 0 Å². The first-order chi connectivity index (χ1) is 12.4. The minimum atomic E-state index is -2.08. The molecule has 26 heavy (non-hydrogen) atoms. The summed E-state index contributed by atoms with van der Waals surface area (Å²) < 4.78 is 1.11. The second-order valence-electron chi connectivity index (χ2n) is 7.75. The van der Waals surface area contributed by atoms with Gasteiger partial charge < -0.3 is 19.5 Å². The van der Waals surface area contributed by atoms with Crippen LogP contribution in [0.3, 0.4) is 0 Å². The highest BCUT2D eigenvalue weighted by atomic mass is 16.6. The van der Waals surface area contributed by atoms with Crippen molar-refractivity contribution in [3.05, 3.63) is 35.9 Å². The Morgan fingerprint density at radius 2 is 1.31 bits per heavy atom. The molecule has 0 unspecified atom stereocenters. The molecule has 1 rings (SSSR count). The fourth-order valence-electron chi connectivity index (χ4n) is 3.18. The first-order valence-electron chi connectivity index (χ1n) is 10.1. The van der Waals surface area contributed by atoms with Gasteiger partial charge in [0.2, 0.25) is 6.16 Å². The van der Waals surface area contributed by atoms with E-state index >= 15 is 0 Å². The van der Waals surface area contributed by atoms with Gasteiger partial charge in [-0.05, 0) is 12.8 Å². The van der Waals surface area contributed by atoms with Crippen LogP contribution < -0.4 is 5.11 Å². The molecule has 0 amide bonds. The molecule has 1 aromatic rings. The standard InChI is InChI=1S/C21H38N.CH2O3/c1-4-5-6-7-8-9-10-11-12-16-19-22(2,3)20-21-17-14-13-15-18-21;2-1(3)4/h13-15,17-18H,4-12,16,19-20H2,1-3H3;(H2,2,3,4)/q+1;/p-1. The topological polar surface area (TPSA) is 60.4 Å². The zero-order valence-electron chi connectivity index (χ0n) is 17.1. The Hall–Kier alpha value is -1.55. The highest BCUT2D eigenvalue weighted by Crippen LogP contribution is 2.13. The Kier molecular flexibility index (Phi) is 14.8. The van der Waals surface area contributed by atoms with Gasteiger partial charge in [0.15, 0.2) is 0 Å². The number of hydrogen-bond donors (Lipinski definition) is 1.